The fourth-order valence-electron chi connectivity index (χ4n) is 2.45. The molecule has 0 radical (unpaired) electrons. The van der Waals surface area contributed by atoms with Crippen molar-refractivity contribution in [2.75, 3.05) is 11.9 Å². The molecular weight excluding hydrogens is 334 g/mol. The van der Waals surface area contributed by atoms with E-state index in [9.17, 15) is 23.2 Å². The van der Waals surface area contributed by atoms with E-state index in [4.69, 9.17) is 0 Å². The van der Waals surface area contributed by atoms with Crippen molar-refractivity contribution in [1.82, 2.24) is 4.90 Å². The number of amides is 3. The van der Waals surface area contributed by atoms with Crippen molar-refractivity contribution in [3.8, 4) is 5.75 Å². The molecule has 0 saturated carbocycles. The standard InChI is InChI=1S/C17H12F2N2O4/c18-17(19)25-11-7-5-10(6-8-11)20-14(22)9-21-15(23)12-3-1-2-4-13(12)16(21)24/h1-8,17H,9H2,(H,20,22). The van der Waals surface area contributed by atoms with Gasteiger partial charge in [0.05, 0.1) is 11.1 Å². The summed E-state index contributed by atoms with van der Waals surface area (Å²) in [5, 5.41) is 2.49. The van der Waals surface area contributed by atoms with Crippen LogP contribution < -0.4 is 10.1 Å². The lowest BCUT2D eigenvalue weighted by Crippen LogP contribution is -2.37. The molecule has 0 fully saturated rings. The highest BCUT2D eigenvalue weighted by molar-refractivity contribution is 6.22. The molecule has 25 heavy (non-hydrogen) atoms. The SMILES string of the molecule is O=C(CN1C(=O)c2ccccc2C1=O)Nc1ccc(OC(F)F)cc1. The Hall–Kier alpha value is -3.29. The van der Waals surface area contributed by atoms with E-state index in [1.165, 1.54) is 36.4 Å². The number of imide groups is 1. The average molecular weight is 346 g/mol. The van der Waals surface area contributed by atoms with Crippen LogP contribution in [0, 0.1) is 0 Å². The second-order valence-electron chi connectivity index (χ2n) is 5.19. The molecule has 1 aliphatic heterocycles. The van der Waals surface area contributed by atoms with Crippen molar-refractivity contribution in [2.45, 2.75) is 6.61 Å². The maximum Gasteiger partial charge on any atom is 0.387 e. The van der Waals surface area contributed by atoms with Gasteiger partial charge in [0.1, 0.15) is 12.3 Å². The molecular formula is C17H12F2N2O4. The largest absolute Gasteiger partial charge is 0.435 e. The monoisotopic (exact) mass is 346 g/mol. The summed E-state index contributed by atoms with van der Waals surface area (Å²) in [6.07, 6.45) is 0. The van der Waals surface area contributed by atoms with Crippen LogP contribution >= 0.6 is 0 Å². The van der Waals surface area contributed by atoms with Gasteiger partial charge in [-0.15, -0.1) is 0 Å². The number of hydrogen-bond acceptors (Lipinski definition) is 4. The van der Waals surface area contributed by atoms with Crippen LogP contribution in [0.15, 0.2) is 48.5 Å². The number of rotatable bonds is 5. The fourth-order valence-corrected chi connectivity index (χ4v) is 2.45. The van der Waals surface area contributed by atoms with Gasteiger partial charge >= 0.3 is 6.61 Å². The second kappa shape index (κ2) is 6.68. The number of nitrogens with one attached hydrogen (secondary N) is 1. The van der Waals surface area contributed by atoms with Crippen LogP contribution in [0.5, 0.6) is 5.75 Å². The number of benzene rings is 2. The van der Waals surface area contributed by atoms with Crippen LogP contribution in [0.4, 0.5) is 14.5 Å². The Morgan fingerprint density at radius 2 is 1.56 bits per heavy atom. The molecule has 1 N–H and O–H groups in total. The van der Waals surface area contributed by atoms with Crippen molar-refractivity contribution < 1.29 is 27.9 Å². The Balaban J connectivity index is 1.64. The summed E-state index contributed by atoms with van der Waals surface area (Å²) >= 11 is 0. The minimum absolute atomic E-state index is 0.0478. The number of anilines is 1. The van der Waals surface area contributed by atoms with Gasteiger partial charge < -0.3 is 10.1 Å². The van der Waals surface area contributed by atoms with E-state index >= 15 is 0 Å². The number of alkyl halides is 2. The van der Waals surface area contributed by atoms with E-state index < -0.39 is 30.9 Å². The van der Waals surface area contributed by atoms with Gasteiger partial charge in [0.25, 0.3) is 11.8 Å². The van der Waals surface area contributed by atoms with Gasteiger partial charge in [0.2, 0.25) is 5.91 Å². The summed E-state index contributed by atoms with van der Waals surface area (Å²) in [5.41, 5.74) is 0.839. The van der Waals surface area contributed by atoms with Crippen molar-refractivity contribution in [3.05, 3.63) is 59.7 Å². The zero-order valence-electron chi connectivity index (χ0n) is 12.7. The quantitative estimate of drug-likeness (QED) is 0.844. The molecule has 0 saturated heterocycles. The van der Waals surface area contributed by atoms with Crippen LogP contribution in [0.3, 0.4) is 0 Å². The Kier molecular flexibility index (Phi) is 4.42. The summed E-state index contributed by atoms with van der Waals surface area (Å²) in [5.74, 6) is -1.70. The fraction of sp³-hybridized carbons (Fsp3) is 0.118. The third-order valence-electron chi connectivity index (χ3n) is 3.54. The summed E-state index contributed by atoms with van der Waals surface area (Å²) in [7, 11) is 0. The summed E-state index contributed by atoms with van der Waals surface area (Å²) in [6, 6.07) is 11.6. The lowest BCUT2D eigenvalue weighted by molar-refractivity contribution is -0.116. The molecule has 0 aliphatic carbocycles. The summed E-state index contributed by atoms with van der Waals surface area (Å²) in [6.45, 7) is -3.38. The highest BCUT2D eigenvalue weighted by Crippen LogP contribution is 2.22. The predicted molar refractivity (Wildman–Crippen MR) is 83.5 cm³/mol. The van der Waals surface area contributed by atoms with Gasteiger partial charge in [0.15, 0.2) is 0 Å². The zero-order chi connectivity index (χ0) is 18.0. The van der Waals surface area contributed by atoms with Crippen molar-refractivity contribution in [1.29, 1.82) is 0 Å². The molecule has 0 unspecified atom stereocenters. The predicted octanol–water partition coefficient (Wildman–Crippen LogP) is 2.52. The van der Waals surface area contributed by atoms with E-state index in [1.807, 2.05) is 0 Å². The molecule has 2 aromatic rings. The molecule has 1 aliphatic rings. The van der Waals surface area contributed by atoms with Gasteiger partial charge in [-0.2, -0.15) is 8.78 Å². The number of ether oxygens (including phenoxy) is 1. The molecule has 0 aromatic heterocycles. The molecule has 0 atom stereocenters. The first-order valence-corrected chi connectivity index (χ1v) is 7.25. The van der Waals surface area contributed by atoms with Crippen LogP contribution in [-0.4, -0.2) is 35.8 Å². The molecule has 3 amide bonds. The molecule has 0 bridgehead atoms. The summed E-state index contributed by atoms with van der Waals surface area (Å²) < 4.78 is 28.4. The van der Waals surface area contributed by atoms with Gasteiger partial charge in [-0.05, 0) is 36.4 Å². The average Bonchev–Trinajstić information content (AvgIpc) is 2.82. The minimum atomic E-state index is -2.94. The number of carbonyl (C=O) groups is 3. The smallest absolute Gasteiger partial charge is 0.387 e. The Morgan fingerprint density at radius 1 is 1.00 bits per heavy atom. The Labute approximate surface area is 141 Å². The molecule has 2 aromatic carbocycles. The third-order valence-corrected chi connectivity index (χ3v) is 3.54. The second-order valence-corrected chi connectivity index (χ2v) is 5.19. The van der Waals surface area contributed by atoms with Crippen molar-refractivity contribution in [3.63, 3.8) is 0 Å². The van der Waals surface area contributed by atoms with Crippen LogP contribution in [0.1, 0.15) is 20.7 Å². The number of hydrogen-bond donors (Lipinski definition) is 1. The first-order valence-electron chi connectivity index (χ1n) is 7.25. The molecule has 1 heterocycles. The lowest BCUT2D eigenvalue weighted by Gasteiger charge is -2.13. The van der Waals surface area contributed by atoms with Gasteiger partial charge in [-0.1, -0.05) is 12.1 Å². The highest BCUT2D eigenvalue weighted by Gasteiger charge is 2.36. The summed E-state index contributed by atoms with van der Waals surface area (Å²) in [4.78, 5) is 37.3. The first kappa shape index (κ1) is 16.6. The Morgan fingerprint density at radius 3 is 2.08 bits per heavy atom. The van der Waals surface area contributed by atoms with Crippen LogP contribution in [0.2, 0.25) is 0 Å². The van der Waals surface area contributed by atoms with Crippen LogP contribution in [-0.2, 0) is 4.79 Å². The first-order chi connectivity index (χ1) is 12.0. The zero-order valence-corrected chi connectivity index (χ0v) is 12.7. The van der Waals surface area contributed by atoms with E-state index in [2.05, 4.69) is 10.1 Å². The Bertz CT molecular complexity index is 802. The van der Waals surface area contributed by atoms with Crippen LogP contribution in [0.25, 0.3) is 0 Å². The number of fused-ring (bicyclic) bond motifs is 1. The maximum atomic E-state index is 12.2. The van der Waals surface area contributed by atoms with E-state index in [-0.39, 0.29) is 16.9 Å². The lowest BCUT2D eigenvalue weighted by atomic mass is 10.1. The topological polar surface area (TPSA) is 75.7 Å². The molecule has 6 nitrogen and oxygen atoms in total. The van der Waals surface area contributed by atoms with Gasteiger partial charge in [-0.25, -0.2) is 0 Å². The highest BCUT2D eigenvalue weighted by atomic mass is 19.3. The van der Waals surface area contributed by atoms with E-state index in [0.717, 1.165) is 4.90 Å². The number of carbonyl (C=O) groups excluding carboxylic acids is 3. The van der Waals surface area contributed by atoms with E-state index in [1.54, 1.807) is 12.1 Å². The van der Waals surface area contributed by atoms with Crippen molar-refractivity contribution >= 4 is 23.4 Å². The molecule has 0 spiro atoms. The van der Waals surface area contributed by atoms with Crippen molar-refractivity contribution in [2.24, 2.45) is 0 Å². The molecule has 8 heteroatoms. The van der Waals surface area contributed by atoms with E-state index in [0.29, 0.717) is 5.69 Å². The molecule has 128 valence electrons. The van der Waals surface area contributed by atoms with Gasteiger partial charge in [0, 0.05) is 5.69 Å². The number of halogens is 2. The minimum Gasteiger partial charge on any atom is -0.435 e. The number of nitrogens with zero attached hydrogens (tertiary/aromatic N) is 1. The van der Waals surface area contributed by atoms with Gasteiger partial charge in [-0.3, -0.25) is 19.3 Å². The maximum absolute atomic E-state index is 12.2. The third kappa shape index (κ3) is 3.47. The molecule has 3 rings (SSSR count). The normalized spacial score (nSPS) is 13.2.